The molecule has 0 aromatic heterocycles. The third-order valence-corrected chi connectivity index (χ3v) is 4.91. The Bertz CT molecular complexity index is 691. The van der Waals surface area contributed by atoms with Crippen LogP contribution in [0.2, 0.25) is 0 Å². The molecule has 22 heavy (non-hydrogen) atoms. The third-order valence-electron chi connectivity index (χ3n) is 4.91. The van der Waals surface area contributed by atoms with Gasteiger partial charge in [-0.25, -0.2) is 0 Å². The highest BCUT2D eigenvalue weighted by Crippen LogP contribution is 2.36. The van der Waals surface area contributed by atoms with Gasteiger partial charge in [-0.3, -0.25) is 0 Å². The zero-order valence-electron chi connectivity index (χ0n) is 13.9. The largest absolute Gasteiger partial charge is 0.494 e. The Morgan fingerprint density at radius 2 is 1.64 bits per heavy atom. The van der Waals surface area contributed by atoms with E-state index in [-0.39, 0.29) is 18.3 Å². The molecule has 1 N–H and O–H groups in total. The van der Waals surface area contributed by atoms with Crippen molar-refractivity contribution in [3.05, 3.63) is 42.0 Å². The van der Waals surface area contributed by atoms with Gasteiger partial charge in [-0.2, -0.15) is 0 Å². The van der Waals surface area contributed by atoms with Gasteiger partial charge < -0.3 is 14.4 Å². The molecule has 0 bridgehead atoms. The molecule has 3 rings (SSSR count). The second kappa shape index (κ2) is 5.09. The molecule has 1 aliphatic rings. The topological polar surface area (TPSA) is 38.7 Å². The molecule has 1 heterocycles. The predicted octanol–water partition coefficient (Wildman–Crippen LogP) is 3.19. The summed E-state index contributed by atoms with van der Waals surface area (Å²) in [5.74, 6) is 0. The molecule has 1 aliphatic heterocycles. The predicted molar refractivity (Wildman–Crippen MR) is 90.3 cm³/mol. The minimum absolute atomic E-state index is 0.339. The monoisotopic (exact) mass is 298 g/mol. The van der Waals surface area contributed by atoms with Crippen molar-refractivity contribution < 1.29 is 14.4 Å². The summed E-state index contributed by atoms with van der Waals surface area (Å²) in [6.45, 7) is 10.0. The fourth-order valence-corrected chi connectivity index (χ4v) is 2.82. The average molecular weight is 298 g/mol. The first kappa shape index (κ1) is 15.5. The lowest BCUT2D eigenvalue weighted by atomic mass is 9.78. The van der Waals surface area contributed by atoms with Gasteiger partial charge in [0, 0.05) is 0 Å². The highest BCUT2D eigenvalue weighted by Gasteiger charge is 2.51. The second-order valence-corrected chi connectivity index (χ2v) is 7.09. The summed E-state index contributed by atoms with van der Waals surface area (Å²) >= 11 is 0. The summed E-state index contributed by atoms with van der Waals surface area (Å²) in [7, 11) is -0.357. The van der Waals surface area contributed by atoms with E-state index in [1.807, 2.05) is 24.3 Å². The van der Waals surface area contributed by atoms with E-state index in [9.17, 15) is 5.11 Å². The van der Waals surface area contributed by atoms with Crippen LogP contribution in [0, 0.1) is 0 Å². The molecular formula is C18H23BO3. The van der Waals surface area contributed by atoms with Crippen molar-refractivity contribution in [3.63, 3.8) is 0 Å². The summed E-state index contributed by atoms with van der Waals surface area (Å²) in [5, 5.41) is 12.0. The van der Waals surface area contributed by atoms with E-state index in [1.165, 1.54) is 0 Å². The van der Waals surface area contributed by atoms with Gasteiger partial charge in [-0.1, -0.05) is 36.4 Å². The van der Waals surface area contributed by atoms with Crippen LogP contribution < -0.4 is 5.46 Å². The first-order chi connectivity index (χ1) is 10.2. The summed E-state index contributed by atoms with van der Waals surface area (Å²) in [5.41, 5.74) is 1.27. The number of aliphatic hydroxyl groups excluding tert-OH is 1. The summed E-state index contributed by atoms with van der Waals surface area (Å²) < 4.78 is 12.2. The van der Waals surface area contributed by atoms with Crippen LogP contribution in [0.15, 0.2) is 36.4 Å². The van der Waals surface area contributed by atoms with Gasteiger partial charge in [0.25, 0.3) is 0 Å². The van der Waals surface area contributed by atoms with Crippen molar-refractivity contribution in [2.45, 2.75) is 51.9 Å². The van der Waals surface area contributed by atoms with Gasteiger partial charge in [-0.15, -0.1) is 0 Å². The fourth-order valence-electron chi connectivity index (χ4n) is 2.82. The van der Waals surface area contributed by atoms with Crippen LogP contribution >= 0.6 is 0 Å². The van der Waals surface area contributed by atoms with Gasteiger partial charge in [0.15, 0.2) is 0 Å². The molecule has 0 aliphatic carbocycles. The quantitative estimate of drug-likeness (QED) is 0.865. The lowest BCUT2D eigenvalue weighted by molar-refractivity contribution is 0.00578. The van der Waals surface area contributed by atoms with Crippen LogP contribution in [0.4, 0.5) is 0 Å². The molecule has 1 saturated heterocycles. The molecule has 0 amide bonds. The van der Waals surface area contributed by atoms with Gasteiger partial charge in [0.1, 0.15) is 0 Å². The first-order valence-corrected chi connectivity index (χ1v) is 7.77. The van der Waals surface area contributed by atoms with Crippen LogP contribution in [0.25, 0.3) is 10.8 Å². The lowest BCUT2D eigenvalue weighted by Gasteiger charge is -2.32. The van der Waals surface area contributed by atoms with Crippen LogP contribution in [0.3, 0.4) is 0 Å². The fraction of sp³-hybridized carbons (Fsp3) is 0.444. The van der Waals surface area contributed by atoms with Crippen molar-refractivity contribution in [1.82, 2.24) is 0 Å². The van der Waals surface area contributed by atoms with Gasteiger partial charge in [0.05, 0.1) is 17.3 Å². The Morgan fingerprint density at radius 3 is 2.23 bits per heavy atom. The second-order valence-electron chi connectivity index (χ2n) is 7.09. The summed E-state index contributed by atoms with van der Waals surface area (Å²) in [4.78, 5) is 0. The summed E-state index contributed by atoms with van der Waals surface area (Å²) in [6, 6.07) is 12.1. The normalized spacial score (nSPS) is 21.3. The van der Waals surface area contributed by atoms with E-state index in [1.54, 1.807) is 6.92 Å². The smallest absolute Gasteiger partial charge is 0.399 e. The van der Waals surface area contributed by atoms with Crippen LogP contribution in [0.5, 0.6) is 0 Å². The Morgan fingerprint density at radius 1 is 1.00 bits per heavy atom. The Kier molecular flexibility index (Phi) is 3.59. The molecule has 2 aromatic rings. The zero-order chi connectivity index (χ0) is 16.1. The van der Waals surface area contributed by atoms with Crippen LogP contribution in [-0.4, -0.2) is 23.4 Å². The molecule has 116 valence electrons. The molecule has 2 aromatic carbocycles. The summed E-state index contributed by atoms with van der Waals surface area (Å²) in [6.07, 6.45) is -0.480. The minimum Gasteiger partial charge on any atom is -0.399 e. The number of benzene rings is 2. The molecule has 3 nitrogen and oxygen atoms in total. The van der Waals surface area contributed by atoms with Crippen molar-refractivity contribution in [3.8, 4) is 0 Å². The number of aliphatic hydroxyl groups is 1. The molecule has 0 spiro atoms. The van der Waals surface area contributed by atoms with E-state index in [2.05, 4.69) is 39.8 Å². The minimum atomic E-state index is -0.480. The lowest BCUT2D eigenvalue weighted by Crippen LogP contribution is -2.41. The highest BCUT2D eigenvalue weighted by molar-refractivity contribution is 6.62. The number of hydrogen-bond acceptors (Lipinski definition) is 3. The molecule has 4 heteroatoms. The van der Waals surface area contributed by atoms with E-state index in [4.69, 9.17) is 9.31 Å². The highest BCUT2D eigenvalue weighted by atomic mass is 16.7. The number of hydrogen-bond donors (Lipinski definition) is 1. The zero-order valence-corrected chi connectivity index (χ0v) is 13.9. The van der Waals surface area contributed by atoms with E-state index in [0.29, 0.717) is 0 Å². The van der Waals surface area contributed by atoms with Gasteiger partial charge >= 0.3 is 7.12 Å². The van der Waals surface area contributed by atoms with Gasteiger partial charge in [-0.05, 0) is 56.4 Å². The Labute approximate surface area is 132 Å². The third kappa shape index (κ3) is 2.45. The maximum atomic E-state index is 9.89. The SMILES string of the molecule is CC(O)c1cccc2cc(B3OC(C)(C)C(C)(C)O3)ccc12. The Hall–Kier alpha value is -1.36. The maximum absolute atomic E-state index is 9.89. The first-order valence-electron chi connectivity index (χ1n) is 7.77. The van der Waals surface area contributed by atoms with E-state index < -0.39 is 6.10 Å². The van der Waals surface area contributed by atoms with Crippen molar-refractivity contribution in [1.29, 1.82) is 0 Å². The van der Waals surface area contributed by atoms with Gasteiger partial charge in [0.2, 0.25) is 0 Å². The number of rotatable bonds is 2. The van der Waals surface area contributed by atoms with E-state index >= 15 is 0 Å². The molecule has 1 atom stereocenters. The van der Waals surface area contributed by atoms with E-state index in [0.717, 1.165) is 21.8 Å². The standard InChI is InChI=1S/C18H23BO3/c1-12(20)15-8-6-7-13-11-14(9-10-16(13)15)19-21-17(2,3)18(4,5)22-19/h6-12,20H,1-5H3. The molecule has 1 unspecified atom stereocenters. The average Bonchev–Trinajstić information content (AvgIpc) is 2.66. The maximum Gasteiger partial charge on any atom is 0.494 e. The van der Waals surface area contributed by atoms with Crippen molar-refractivity contribution >= 4 is 23.4 Å². The molecule has 0 radical (unpaired) electrons. The van der Waals surface area contributed by atoms with Crippen LogP contribution in [-0.2, 0) is 9.31 Å². The van der Waals surface area contributed by atoms with Crippen molar-refractivity contribution in [2.75, 3.05) is 0 Å². The van der Waals surface area contributed by atoms with Crippen LogP contribution in [0.1, 0.15) is 46.3 Å². The molecular weight excluding hydrogens is 275 g/mol. The number of fused-ring (bicyclic) bond motifs is 1. The molecule has 0 saturated carbocycles. The van der Waals surface area contributed by atoms with Crippen molar-refractivity contribution in [2.24, 2.45) is 0 Å². The molecule has 1 fully saturated rings. The Balaban J connectivity index is 2.01.